The third kappa shape index (κ3) is 8.64. The molecule has 0 aliphatic carbocycles. The number of nitrogens with two attached hydrogens (primary N) is 1. The van der Waals surface area contributed by atoms with Crippen LogP contribution in [-0.2, 0) is 17.4 Å². The Morgan fingerprint density at radius 2 is 1.64 bits per heavy atom. The van der Waals surface area contributed by atoms with Gasteiger partial charge >= 0.3 is 0 Å². The van der Waals surface area contributed by atoms with Gasteiger partial charge in [0.15, 0.2) is 17.2 Å². The van der Waals surface area contributed by atoms with Crippen molar-refractivity contribution in [3.05, 3.63) is 57.9 Å². The number of benzene rings is 1. The first kappa shape index (κ1) is 34.9. The zero-order chi connectivity index (χ0) is 33.4. The first-order valence-corrected chi connectivity index (χ1v) is 16.7. The molecule has 3 N–H and O–H groups in total. The van der Waals surface area contributed by atoms with E-state index in [0.29, 0.717) is 23.0 Å². The largest absolute Gasteiger partial charge is 0.485 e. The Hall–Kier alpha value is -2.99. The van der Waals surface area contributed by atoms with Gasteiger partial charge in [-0.2, -0.15) is 0 Å². The Balaban J connectivity index is 1.63. The van der Waals surface area contributed by atoms with E-state index in [1.165, 1.54) is 17.5 Å². The van der Waals surface area contributed by atoms with Crippen molar-refractivity contribution in [3.63, 3.8) is 0 Å². The summed E-state index contributed by atoms with van der Waals surface area (Å²) in [4.78, 5) is 12.9. The fraction of sp³-hybridized carbons (Fsp3) is 0.568. The van der Waals surface area contributed by atoms with Gasteiger partial charge in [0.05, 0.1) is 9.88 Å². The predicted octanol–water partition coefficient (Wildman–Crippen LogP) is 8.01. The molecule has 3 heterocycles. The van der Waals surface area contributed by atoms with Crippen LogP contribution in [0.2, 0.25) is 0 Å². The van der Waals surface area contributed by atoms with Crippen LogP contribution in [-0.4, -0.2) is 50.9 Å². The minimum absolute atomic E-state index is 0.189. The number of nitrogen functional groups attached to an aromatic ring is 1. The summed E-state index contributed by atoms with van der Waals surface area (Å²) in [6, 6.07) is 5.98. The van der Waals surface area contributed by atoms with Crippen molar-refractivity contribution in [1.82, 2.24) is 14.9 Å². The molecule has 0 saturated carbocycles. The van der Waals surface area contributed by atoms with Crippen LogP contribution in [0, 0.1) is 11.8 Å². The van der Waals surface area contributed by atoms with E-state index in [2.05, 4.69) is 90.1 Å². The van der Waals surface area contributed by atoms with Gasteiger partial charge in [0.2, 0.25) is 0 Å². The topological polar surface area (TPSA) is 84.5 Å². The normalized spacial score (nSPS) is 16.6. The van der Waals surface area contributed by atoms with Crippen molar-refractivity contribution in [2.75, 3.05) is 25.5 Å². The number of pyridine rings is 1. The maximum Gasteiger partial charge on any atom is 0.166 e. The molecule has 2 aromatic heterocycles. The second-order valence-corrected chi connectivity index (χ2v) is 16.7. The summed E-state index contributed by atoms with van der Waals surface area (Å²) >= 11 is 1.72. The van der Waals surface area contributed by atoms with Crippen molar-refractivity contribution in [2.24, 2.45) is 0 Å². The highest BCUT2D eigenvalue weighted by Gasteiger charge is 2.30. The zero-order valence-corrected chi connectivity index (χ0v) is 29.6. The number of ether oxygens (including phenoxy) is 1. The van der Waals surface area contributed by atoms with E-state index >= 15 is 0 Å². The second-order valence-electron chi connectivity index (χ2n) is 15.6. The molecule has 1 aliphatic heterocycles. The van der Waals surface area contributed by atoms with Gasteiger partial charge < -0.3 is 15.6 Å². The number of anilines is 1. The minimum Gasteiger partial charge on any atom is -0.485 e. The number of halogens is 1. The number of thiazole rings is 1. The predicted molar refractivity (Wildman–Crippen MR) is 185 cm³/mol. The average Bonchev–Trinajstić information content (AvgIpc) is 3.44. The summed E-state index contributed by atoms with van der Waals surface area (Å²) in [7, 11) is 0. The number of likely N-dealkylation sites (tertiary alicyclic amines) is 1. The molecule has 0 amide bonds. The van der Waals surface area contributed by atoms with Crippen LogP contribution in [0.5, 0.6) is 5.75 Å². The molecule has 4 rings (SSSR count). The number of aromatic nitrogens is 2. The zero-order valence-electron chi connectivity index (χ0n) is 28.8. The van der Waals surface area contributed by atoms with Crippen molar-refractivity contribution < 1.29 is 14.2 Å². The molecule has 1 atom stereocenters. The van der Waals surface area contributed by atoms with Gasteiger partial charge in [-0.1, -0.05) is 53.4 Å². The van der Waals surface area contributed by atoms with Gasteiger partial charge in [-0.15, -0.1) is 11.3 Å². The molecule has 0 radical (unpaired) electrons. The lowest BCUT2D eigenvalue weighted by Crippen LogP contribution is -2.45. The first-order valence-electron chi connectivity index (χ1n) is 15.9. The van der Waals surface area contributed by atoms with Crippen molar-refractivity contribution in [3.8, 4) is 28.0 Å². The van der Waals surface area contributed by atoms with Gasteiger partial charge in [0.1, 0.15) is 13.3 Å². The van der Waals surface area contributed by atoms with Crippen LogP contribution < -0.4 is 10.5 Å². The third-order valence-corrected chi connectivity index (χ3v) is 9.59. The van der Waals surface area contributed by atoms with Crippen LogP contribution in [0.1, 0.15) is 115 Å². The fourth-order valence-corrected chi connectivity index (χ4v) is 6.94. The second kappa shape index (κ2) is 13.0. The maximum absolute atomic E-state index is 13.3. The Morgan fingerprint density at radius 3 is 2.22 bits per heavy atom. The van der Waals surface area contributed by atoms with Crippen LogP contribution in [0.4, 0.5) is 10.2 Å². The van der Waals surface area contributed by atoms with E-state index in [-0.39, 0.29) is 23.0 Å². The molecule has 1 saturated heterocycles. The molecule has 1 aliphatic rings. The van der Waals surface area contributed by atoms with Crippen molar-refractivity contribution >= 4 is 17.2 Å². The van der Waals surface area contributed by atoms with Gasteiger partial charge in [-0.25, -0.2) is 14.4 Å². The standard InChI is InChI=1S/C37H51FN4O2S/c1-34(2,3)28-18-24(11-14-37(10,43)23-38)17-27(31(28)35(4,5)6)22-44-29-19-26(20-40-32(29)39)30-21-41-33(45-30)25-12-15-42(16-13-25)36(7,8)9/h17-21,25,43H,12-13,15-16,22-23H2,1-10H3,(H2,39,40). The molecule has 3 aromatic rings. The summed E-state index contributed by atoms with van der Waals surface area (Å²) in [6.07, 6.45) is 5.95. The smallest absolute Gasteiger partial charge is 0.166 e. The molecular weight excluding hydrogens is 583 g/mol. The summed E-state index contributed by atoms with van der Waals surface area (Å²) in [5.74, 6) is 6.99. The number of piperidine rings is 1. The SMILES string of the molecule is CC(O)(C#Cc1cc(COc2cc(-c3cnc(C4CCN(C(C)(C)C)CC4)s3)cnc2N)c(C(C)(C)C)c(C(C)(C)C)c1)CF. The third-order valence-electron chi connectivity index (χ3n) is 8.38. The lowest BCUT2D eigenvalue weighted by Gasteiger charge is -2.40. The van der Waals surface area contributed by atoms with E-state index in [4.69, 9.17) is 15.5 Å². The number of alkyl halides is 1. The number of aliphatic hydroxyl groups is 1. The van der Waals surface area contributed by atoms with E-state index in [1.54, 1.807) is 17.5 Å². The Kier molecular flexibility index (Phi) is 10.1. The van der Waals surface area contributed by atoms with Crippen LogP contribution in [0.3, 0.4) is 0 Å². The monoisotopic (exact) mass is 634 g/mol. The van der Waals surface area contributed by atoms with Gasteiger partial charge in [-0.05, 0) is 99.3 Å². The van der Waals surface area contributed by atoms with E-state index in [0.717, 1.165) is 47.5 Å². The molecule has 6 nitrogen and oxygen atoms in total. The minimum atomic E-state index is -1.71. The Morgan fingerprint density at radius 1 is 0.978 bits per heavy atom. The number of hydrogen-bond acceptors (Lipinski definition) is 7. The molecule has 8 heteroatoms. The highest BCUT2D eigenvalue weighted by Crippen LogP contribution is 2.40. The van der Waals surface area contributed by atoms with Gasteiger partial charge in [-0.3, -0.25) is 4.90 Å². The molecule has 1 unspecified atom stereocenters. The molecule has 0 bridgehead atoms. The van der Waals surface area contributed by atoms with Crippen molar-refractivity contribution in [1.29, 1.82) is 0 Å². The molecule has 244 valence electrons. The molecule has 1 fully saturated rings. The van der Waals surface area contributed by atoms with Gasteiger partial charge in [0, 0.05) is 35.0 Å². The summed E-state index contributed by atoms with van der Waals surface area (Å²) in [5, 5.41) is 11.4. The lowest BCUT2D eigenvalue weighted by atomic mass is 9.72. The Labute approximate surface area is 273 Å². The summed E-state index contributed by atoms with van der Waals surface area (Å²) in [5.41, 5.74) is 9.33. The van der Waals surface area contributed by atoms with E-state index < -0.39 is 12.3 Å². The van der Waals surface area contributed by atoms with E-state index in [9.17, 15) is 9.50 Å². The van der Waals surface area contributed by atoms with E-state index in [1.807, 2.05) is 18.3 Å². The highest BCUT2D eigenvalue weighted by atomic mass is 32.1. The van der Waals surface area contributed by atoms with Crippen molar-refractivity contribution in [2.45, 2.75) is 117 Å². The average molecular weight is 635 g/mol. The number of hydrogen-bond donors (Lipinski definition) is 2. The Bertz CT molecular complexity index is 1560. The van der Waals surface area contributed by atoms with Gasteiger partial charge in [0.25, 0.3) is 0 Å². The number of rotatable bonds is 6. The highest BCUT2D eigenvalue weighted by molar-refractivity contribution is 7.15. The first-order chi connectivity index (χ1) is 20.8. The van der Waals surface area contributed by atoms with Crippen LogP contribution in [0.25, 0.3) is 10.4 Å². The molecule has 45 heavy (non-hydrogen) atoms. The number of nitrogens with zero attached hydrogens (tertiary/aromatic N) is 3. The van der Waals surface area contributed by atoms with Crippen LogP contribution >= 0.6 is 11.3 Å². The summed E-state index contributed by atoms with van der Waals surface area (Å²) < 4.78 is 19.7. The molecule has 1 aromatic carbocycles. The fourth-order valence-electron chi connectivity index (χ4n) is 5.87. The summed E-state index contributed by atoms with van der Waals surface area (Å²) in [6.45, 7) is 22.7. The quantitative estimate of drug-likeness (QED) is 0.267. The lowest BCUT2D eigenvalue weighted by molar-refractivity contribution is 0.0905. The van der Waals surface area contributed by atoms with Crippen LogP contribution in [0.15, 0.2) is 30.6 Å². The molecular formula is C37H51FN4O2S. The molecule has 0 spiro atoms. The maximum atomic E-state index is 13.3.